The van der Waals surface area contributed by atoms with Crippen molar-refractivity contribution in [1.82, 2.24) is 0 Å². The summed E-state index contributed by atoms with van der Waals surface area (Å²) in [6.45, 7) is 1.11. The molecule has 7 heteroatoms. The molecule has 0 aromatic heterocycles. The lowest BCUT2D eigenvalue weighted by molar-refractivity contribution is 0.0576. The quantitative estimate of drug-likeness (QED) is 0.798. The molecule has 1 aromatic carbocycles. The Morgan fingerprint density at radius 1 is 1.37 bits per heavy atom. The van der Waals surface area contributed by atoms with Gasteiger partial charge in [-0.1, -0.05) is 0 Å². The van der Waals surface area contributed by atoms with Gasteiger partial charge >= 0.3 is 0 Å². The molecule has 0 bridgehead atoms. The van der Waals surface area contributed by atoms with Gasteiger partial charge in [-0.25, -0.2) is 8.78 Å². The average molecular weight is 359 g/mol. The van der Waals surface area contributed by atoms with Crippen LogP contribution >= 0.6 is 28.3 Å². The van der Waals surface area contributed by atoms with Crippen LogP contribution in [-0.2, 0) is 4.74 Å². The van der Waals surface area contributed by atoms with E-state index in [1.165, 1.54) is 0 Å². The van der Waals surface area contributed by atoms with E-state index in [0.717, 1.165) is 6.07 Å². The second-order valence-electron chi connectivity index (χ2n) is 4.39. The minimum absolute atomic E-state index is 0. The Balaban J connectivity index is 0.00000180. The minimum atomic E-state index is -1.07. The molecule has 0 saturated carbocycles. The maximum Gasteiger partial charge on any atom is 0.167 e. The third kappa shape index (κ3) is 3.37. The normalized spacial score (nSPS) is 17.9. The summed E-state index contributed by atoms with van der Waals surface area (Å²) in [5.74, 6) is -2.44. The van der Waals surface area contributed by atoms with Crippen molar-refractivity contribution in [2.24, 2.45) is 11.7 Å². The fraction of sp³-hybridized carbons (Fsp3) is 0.500. The van der Waals surface area contributed by atoms with E-state index >= 15 is 0 Å². The van der Waals surface area contributed by atoms with E-state index in [1.807, 2.05) is 0 Å². The molecule has 0 amide bonds. The summed E-state index contributed by atoms with van der Waals surface area (Å²) in [5.41, 5.74) is 5.81. The fourth-order valence-electron chi connectivity index (χ4n) is 2.22. The van der Waals surface area contributed by atoms with Crippen LogP contribution in [0.3, 0.4) is 0 Å². The first-order chi connectivity index (χ1) is 8.52. The van der Waals surface area contributed by atoms with E-state index in [0.29, 0.717) is 26.1 Å². The van der Waals surface area contributed by atoms with Crippen molar-refractivity contribution in [3.05, 3.63) is 27.7 Å². The Hall–Kier alpha value is -0.430. The van der Waals surface area contributed by atoms with Gasteiger partial charge in [0.25, 0.3) is 0 Å². The van der Waals surface area contributed by atoms with Crippen molar-refractivity contribution >= 4 is 28.3 Å². The van der Waals surface area contributed by atoms with Crippen LogP contribution in [0.15, 0.2) is 10.5 Å². The third-order valence-corrected chi connectivity index (χ3v) is 3.89. The molecule has 108 valence electrons. The molecule has 0 spiro atoms. The van der Waals surface area contributed by atoms with Gasteiger partial charge in [0.15, 0.2) is 11.6 Å². The minimum Gasteiger partial charge on any atom is -0.506 e. The van der Waals surface area contributed by atoms with Crippen LogP contribution in [0.1, 0.15) is 24.4 Å². The summed E-state index contributed by atoms with van der Waals surface area (Å²) in [5, 5.41) is 9.84. The van der Waals surface area contributed by atoms with Crippen molar-refractivity contribution in [3.63, 3.8) is 0 Å². The smallest absolute Gasteiger partial charge is 0.167 e. The number of aromatic hydroxyl groups is 1. The van der Waals surface area contributed by atoms with Gasteiger partial charge in [-0.2, -0.15) is 0 Å². The first-order valence-corrected chi connectivity index (χ1v) is 6.51. The van der Waals surface area contributed by atoms with E-state index in [1.54, 1.807) is 0 Å². The molecule has 2 rings (SSSR count). The van der Waals surface area contributed by atoms with E-state index in [9.17, 15) is 13.9 Å². The Kier molecular flexibility index (Phi) is 5.98. The number of phenols is 1. The number of halogens is 4. The van der Waals surface area contributed by atoms with Crippen molar-refractivity contribution in [2.45, 2.75) is 18.9 Å². The van der Waals surface area contributed by atoms with Gasteiger partial charge < -0.3 is 15.6 Å². The highest BCUT2D eigenvalue weighted by Gasteiger charge is 2.29. The van der Waals surface area contributed by atoms with Crippen LogP contribution in [-0.4, -0.2) is 18.3 Å². The second kappa shape index (κ2) is 6.83. The standard InChI is InChI=1S/C12H14BrF2NO2.ClH/c13-7-5-8(14)10(15)9(12(7)17)11(16)6-1-3-18-4-2-6;/h5-6,11,17H,1-4,16H2;1H/t11-;/m0./s1. The fourth-order valence-corrected chi connectivity index (χ4v) is 2.63. The van der Waals surface area contributed by atoms with Gasteiger partial charge in [0, 0.05) is 19.3 Å². The van der Waals surface area contributed by atoms with E-state index < -0.39 is 17.7 Å². The highest BCUT2D eigenvalue weighted by atomic mass is 79.9. The Labute approximate surface area is 124 Å². The maximum absolute atomic E-state index is 13.8. The number of nitrogens with two attached hydrogens (primary N) is 1. The summed E-state index contributed by atoms with van der Waals surface area (Å²) >= 11 is 2.99. The Morgan fingerprint density at radius 2 is 1.95 bits per heavy atom. The van der Waals surface area contributed by atoms with Crippen LogP contribution in [0, 0.1) is 17.6 Å². The lowest BCUT2D eigenvalue weighted by Crippen LogP contribution is -2.28. The molecular formula is C12H15BrClF2NO2. The van der Waals surface area contributed by atoms with Crippen LogP contribution in [0.25, 0.3) is 0 Å². The van der Waals surface area contributed by atoms with Crippen molar-refractivity contribution < 1.29 is 18.6 Å². The number of hydrogen-bond acceptors (Lipinski definition) is 3. The van der Waals surface area contributed by atoms with Gasteiger partial charge in [0.05, 0.1) is 10.0 Å². The maximum atomic E-state index is 13.8. The number of benzene rings is 1. The van der Waals surface area contributed by atoms with Crippen molar-refractivity contribution in [3.8, 4) is 5.75 Å². The molecule has 3 nitrogen and oxygen atoms in total. The molecule has 1 fully saturated rings. The summed E-state index contributed by atoms with van der Waals surface area (Å²) in [6.07, 6.45) is 1.35. The van der Waals surface area contributed by atoms with Crippen molar-refractivity contribution in [2.75, 3.05) is 13.2 Å². The number of hydrogen-bond donors (Lipinski definition) is 2. The number of phenolic OH excluding ortho intramolecular Hbond substituents is 1. The largest absolute Gasteiger partial charge is 0.506 e. The molecule has 1 aliphatic heterocycles. The third-order valence-electron chi connectivity index (χ3n) is 3.29. The highest BCUT2D eigenvalue weighted by Crippen LogP contribution is 2.39. The molecule has 1 saturated heterocycles. The predicted molar refractivity (Wildman–Crippen MR) is 73.4 cm³/mol. The zero-order chi connectivity index (χ0) is 13.3. The number of ether oxygens (including phenoxy) is 1. The molecule has 1 aliphatic rings. The lowest BCUT2D eigenvalue weighted by atomic mass is 9.87. The summed E-state index contributed by atoms with van der Waals surface area (Å²) in [4.78, 5) is 0. The molecule has 0 aliphatic carbocycles. The average Bonchev–Trinajstić information content (AvgIpc) is 2.37. The molecule has 1 heterocycles. The predicted octanol–water partition coefficient (Wildman–Crippen LogP) is 3.28. The van der Waals surface area contributed by atoms with Gasteiger partial charge in [-0.15, -0.1) is 12.4 Å². The van der Waals surface area contributed by atoms with E-state index in [-0.39, 0.29) is 34.1 Å². The first-order valence-electron chi connectivity index (χ1n) is 5.72. The van der Waals surface area contributed by atoms with Crippen LogP contribution in [0.4, 0.5) is 8.78 Å². The van der Waals surface area contributed by atoms with Crippen LogP contribution in [0.2, 0.25) is 0 Å². The summed E-state index contributed by atoms with van der Waals surface area (Å²) < 4.78 is 32.4. The first kappa shape index (κ1) is 16.6. The Morgan fingerprint density at radius 3 is 2.53 bits per heavy atom. The zero-order valence-electron chi connectivity index (χ0n) is 10.0. The monoisotopic (exact) mass is 357 g/mol. The lowest BCUT2D eigenvalue weighted by Gasteiger charge is -2.28. The number of rotatable bonds is 2. The zero-order valence-corrected chi connectivity index (χ0v) is 12.4. The molecule has 0 unspecified atom stereocenters. The SMILES string of the molecule is Cl.N[C@H](c1c(O)c(Br)cc(F)c1F)C1CCOCC1. The van der Waals surface area contributed by atoms with Gasteiger partial charge in [0.1, 0.15) is 5.75 Å². The van der Waals surface area contributed by atoms with Crippen LogP contribution in [0.5, 0.6) is 5.75 Å². The summed E-state index contributed by atoms with van der Waals surface area (Å²) in [7, 11) is 0. The highest BCUT2D eigenvalue weighted by molar-refractivity contribution is 9.10. The topological polar surface area (TPSA) is 55.5 Å². The Bertz CT molecular complexity index is 430. The molecule has 1 aromatic rings. The molecule has 1 atom stereocenters. The van der Waals surface area contributed by atoms with E-state index in [2.05, 4.69) is 15.9 Å². The molecule has 3 N–H and O–H groups in total. The van der Waals surface area contributed by atoms with Crippen molar-refractivity contribution in [1.29, 1.82) is 0 Å². The van der Waals surface area contributed by atoms with Gasteiger partial charge in [-0.05, 0) is 40.8 Å². The molecule has 0 radical (unpaired) electrons. The molecular weight excluding hydrogens is 343 g/mol. The van der Waals surface area contributed by atoms with Gasteiger partial charge in [-0.3, -0.25) is 0 Å². The van der Waals surface area contributed by atoms with Crippen LogP contribution < -0.4 is 5.73 Å². The molecule has 19 heavy (non-hydrogen) atoms. The van der Waals surface area contributed by atoms with Gasteiger partial charge in [0.2, 0.25) is 0 Å². The van der Waals surface area contributed by atoms with E-state index in [4.69, 9.17) is 10.5 Å². The second-order valence-corrected chi connectivity index (χ2v) is 5.25. The summed E-state index contributed by atoms with van der Waals surface area (Å²) in [6, 6.07) is 0.158.